The van der Waals surface area contributed by atoms with Crippen molar-refractivity contribution in [3.8, 4) is 5.75 Å². The monoisotopic (exact) mass is 407 g/mol. The predicted molar refractivity (Wildman–Crippen MR) is 120 cm³/mol. The predicted octanol–water partition coefficient (Wildman–Crippen LogP) is 4.42. The van der Waals surface area contributed by atoms with Crippen LogP contribution in [0, 0.1) is 0 Å². The fraction of sp³-hybridized carbons (Fsp3) is 0.375. The van der Waals surface area contributed by atoms with E-state index in [9.17, 15) is 4.79 Å². The molecule has 5 nitrogen and oxygen atoms in total. The average molecular weight is 407 g/mol. The Morgan fingerprint density at radius 3 is 2.33 bits per heavy atom. The van der Waals surface area contributed by atoms with Gasteiger partial charge in [0.15, 0.2) is 0 Å². The van der Waals surface area contributed by atoms with E-state index in [1.807, 2.05) is 88.4 Å². The van der Waals surface area contributed by atoms with Crippen molar-refractivity contribution in [2.24, 2.45) is 0 Å². The highest BCUT2D eigenvalue weighted by Crippen LogP contribution is 2.38. The summed E-state index contributed by atoms with van der Waals surface area (Å²) in [6.07, 6.45) is 1.99. The summed E-state index contributed by atoms with van der Waals surface area (Å²) >= 11 is 0. The molecule has 3 rings (SSSR count). The van der Waals surface area contributed by atoms with E-state index < -0.39 is 18.3 Å². The van der Waals surface area contributed by atoms with Crippen molar-refractivity contribution in [2.75, 3.05) is 6.54 Å². The highest BCUT2D eigenvalue weighted by Gasteiger charge is 2.52. The van der Waals surface area contributed by atoms with Crippen LogP contribution < -0.4 is 10.1 Å². The van der Waals surface area contributed by atoms with Gasteiger partial charge in [0.05, 0.1) is 11.2 Å². The van der Waals surface area contributed by atoms with E-state index in [4.69, 9.17) is 14.0 Å². The molecule has 0 unspecified atom stereocenters. The minimum atomic E-state index is -0.532. The normalized spacial score (nSPS) is 17.6. The van der Waals surface area contributed by atoms with Gasteiger partial charge in [-0.2, -0.15) is 0 Å². The number of nitrogens with one attached hydrogen (secondary N) is 1. The summed E-state index contributed by atoms with van der Waals surface area (Å²) in [5, 5.41) is 2.86. The fourth-order valence-corrected chi connectivity index (χ4v) is 3.07. The minimum absolute atomic E-state index is 0.0997. The maximum atomic E-state index is 11.5. The van der Waals surface area contributed by atoms with Gasteiger partial charge in [-0.3, -0.25) is 4.79 Å². The molecule has 1 aliphatic rings. The molecule has 0 atom stereocenters. The van der Waals surface area contributed by atoms with Crippen LogP contribution in [0.4, 0.5) is 0 Å². The summed E-state index contributed by atoms with van der Waals surface area (Å²) in [6.45, 7) is 10.4. The molecule has 0 bridgehead atoms. The largest absolute Gasteiger partial charge is 0.492 e. The Hall–Kier alpha value is -2.57. The van der Waals surface area contributed by atoms with Crippen LogP contribution in [0.3, 0.4) is 0 Å². The zero-order chi connectivity index (χ0) is 21.8. The van der Waals surface area contributed by atoms with Crippen molar-refractivity contribution < 1.29 is 18.8 Å². The van der Waals surface area contributed by atoms with E-state index in [2.05, 4.69) is 5.32 Å². The first kappa shape index (κ1) is 22.1. The summed E-state index contributed by atoms with van der Waals surface area (Å²) in [6, 6.07) is 17.9. The van der Waals surface area contributed by atoms with Crippen LogP contribution in [0.15, 0.2) is 60.1 Å². The van der Waals surface area contributed by atoms with Gasteiger partial charge in [0.25, 0.3) is 0 Å². The maximum Gasteiger partial charge on any atom is 0.492 e. The third-order valence-electron chi connectivity index (χ3n) is 5.56. The lowest BCUT2D eigenvalue weighted by Crippen LogP contribution is -2.41. The molecule has 1 N–H and O–H groups in total. The van der Waals surface area contributed by atoms with Gasteiger partial charge in [0, 0.05) is 13.5 Å². The first-order valence-corrected chi connectivity index (χ1v) is 10.2. The summed E-state index contributed by atoms with van der Waals surface area (Å²) in [4.78, 5) is 11.5. The molecule has 0 saturated carbocycles. The van der Waals surface area contributed by atoms with Crippen LogP contribution in [-0.4, -0.2) is 30.8 Å². The van der Waals surface area contributed by atoms with Gasteiger partial charge >= 0.3 is 7.12 Å². The number of carbonyl (C=O) groups is 1. The van der Waals surface area contributed by atoms with E-state index in [0.717, 1.165) is 22.3 Å². The molecule has 6 heteroatoms. The van der Waals surface area contributed by atoms with Gasteiger partial charge in [-0.25, -0.2) is 0 Å². The van der Waals surface area contributed by atoms with Gasteiger partial charge in [0.2, 0.25) is 5.91 Å². The molecule has 0 aromatic heterocycles. The highest BCUT2D eigenvalue weighted by atomic mass is 16.7. The zero-order valence-corrected chi connectivity index (χ0v) is 18.4. The van der Waals surface area contributed by atoms with Gasteiger partial charge in [-0.1, -0.05) is 48.5 Å². The van der Waals surface area contributed by atoms with Crippen LogP contribution in [0.2, 0.25) is 0 Å². The second kappa shape index (κ2) is 9.06. The van der Waals surface area contributed by atoms with Crippen LogP contribution >= 0.6 is 0 Å². The van der Waals surface area contributed by atoms with E-state index in [1.54, 1.807) is 0 Å². The van der Waals surface area contributed by atoms with E-state index >= 15 is 0 Å². The SMILES string of the molecule is CC(=O)NCC(=Cc1cccc(OCc2ccccc2)c1)B1OC(C)(C)C(C)(C)O1. The van der Waals surface area contributed by atoms with Crippen LogP contribution in [-0.2, 0) is 20.7 Å². The van der Waals surface area contributed by atoms with Crippen molar-refractivity contribution in [3.05, 3.63) is 71.2 Å². The quantitative estimate of drug-likeness (QED) is 0.691. The average Bonchev–Trinajstić information content (AvgIpc) is 2.91. The molecule has 1 saturated heterocycles. The van der Waals surface area contributed by atoms with Crippen LogP contribution in [0.25, 0.3) is 6.08 Å². The van der Waals surface area contributed by atoms with Crippen molar-refractivity contribution in [3.63, 3.8) is 0 Å². The Labute approximate surface area is 179 Å². The lowest BCUT2D eigenvalue weighted by atomic mass is 9.77. The Bertz CT molecular complexity index is 892. The number of benzene rings is 2. The number of carbonyl (C=O) groups excluding carboxylic acids is 1. The Kier molecular flexibility index (Phi) is 6.69. The lowest BCUT2D eigenvalue weighted by Gasteiger charge is -2.32. The number of hydrogen-bond donors (Lipinski definition) is 1. The topological polar surface area (TPSA) is 56.8 Å². The Morgan fingerprint density at radius 1 is 1.03 bits per heavy atom. The van der Waals surface area contributed by atoms with Crippen molar-refractivity contribution in [1.82, 2.24) is 5.32 Å². The first-order chi connectivity index (χ1) is 14.2. The fourth-order valence-electron chi connectivity index (χ4n) is 3.07. The second-order valence-corrected chi connectivity index (χ2v) is 8.56. The molecule has 1 fully saturated rings. The van der Waals surface area contributed by atoms with Gasteiger partial charge in [-0.05, 0) is 56.4 Å². The van der Waals surface area contributed by atoms with Gasteiger partial charge in [-0.15, -0.1) is 0 Å². The molecular weight excluding hydrogens is 377 g/mol. The zero-order valence-electron chi connectivity index (χ0n) is 18.4. The highest BCUT2D eigenvalue weighted by molar-refractivity contribution is 6.56. The van der Waals surface area contributed by atoms with E-state index in [1.165, 1.54) is 6.92 Å². The van der Waals surface area contributed by atoms with Crippen LogP contribution in [0.5, 0.6) is 5.75 Å². The summed E-state index contributed by atoms with van der Waals surface area (Å²) in [7, 11) is -0.532. The van der Waals surface area contributed by atoms with Gasteiger partial charge in [0.1, 0.15) is 12.4 Å². The molecule has 2 aromatic carbocycles. The number of hydrogen-bond acceptors (Lipinski definition) is 4. The van der Waals surface area contributed by atoms with Gasteiger partial charge < -0.3 is 19.4 Å². The Morgan fingerprint density at radius 2 is 1.70 bits per heavy atom. The first-order valence-electron chi connectivity index (χ1n) is 10.2. The smallest absolute Gasteiger partial charge is 0.489 e. The van der Waals surface area contributed by atoms with E-state index in [0.29, 0.717) is 13.2 Å². The summed E-state index contributed by atoms with van der Waals surface area (Å²) < 4.78 is 18.3. The third-order valence-corrected chi connectivity index (χ3v) is 5.56. The van der Waals surface area contributed by atoms with E-state index in [-0.39, 0.29) is 5.91 Å². The maximum absolute atomic E-state index is 11.5. The van der Waals surface area contributed by atoms with Crippen molar-refractivity contribution >= 4 is 19.1 Å². The van der Waals surface area contributed by atoms with Crippen molar-refractivity contribution in [2.45, 2.75) is 52.4 Å². The van der Waals surface area contributed by atoms with Crippen LogP contribution in [0.1, 0.15) is 45.7 Å². The standard InChI is InChI=1S/C24H30BNO4/c1-18(27)26-16-21(25-29-23(2,3)24(4,5)30-25)14-20-12-9-13-22(15-20)28-17-19-10-7-6-8-11-19/h6-15H,16-17H2,1-5H3,(H,26,27). The summed E-state index contributed by atoms with van der Waals surface area (Å²) in [5.41, 5.74) is 2.02. The summed E-state index contributed by atoms with van der Waals surface area (Å²) in [5.74, 6) is 0.678. The molecule has 0 radical (unpaired) electrons. The molecule has 1 aliphatic heterocycles. The molecule has 158 valence electrons. The molecule has 0 spiro atoms. The molecule has 1 heterocycles. The second-order valence-electron chi connectivity index (χ2n) is 8.56. The Balaban J connectivity index is 1.79. The number of rotatable bonds is 7. The number of amides is 1. The third kappa shape index (κ3) is 5.52. The molecule has 0 aliphatic carbocycles. The van der Waals surface area contributed by atoms with Crippen molar-refractivity contribution in [1.29, 1.82) is 0 Å². The lowest BCUT2D eigenvalue weighted by molar-refractivity contribution is -0.118. The minimum Gasteiger partial charge on any atom is -0.489 e. The molecular formula is C24H30BNO4. The molecule has 1 amide bonds. The molecule has 2 aromatic rings. The number of ether oxygens (including phenoxy) is 1. The molecule has 30 heavy (non-hydrogen) atoms.